The molecule has 1 rings (SSSR count). The van der Waals surface area contributed by atoms with Crippen LogP contribution in [0.2, 0.25) is 0 Å². The van der Waals surface area contributed by atoms with Gasteiger partial charge in [-0.05, 0) is 51.3 Å². The number of methoxy groups -OCH3 is 1. The zero-order valence-corrected chi connectivity index (χ0v) is 11.2. The average molecular weight is 237 g/mol. The Hall–Kier alpha value is -1.22. The summed E-state index contributed by atoms with van der Waals surface area (Å²) >= 11 is 0. The summed E-state index contributed by atoms with van der Waals surface area (Å²) in [5.74, 6) is 1.59. The number of nitrogens with two attached hydrogens (primary N) is 1. The van der Waals surface area contributed by atoms with Crippen LogP contribution in [0.5, 0.6) is 11.5 Å². The van der Waals surface area contributed by atoms with Gasteiger partial charge in [-0.1, -0.05) is 6.07 Å². The molecule has 0 saturated heterocycles. The van der Waals surface area contributed by atoms with Crippen LogP contribution >= 0.6 is 0 Å². The first-order chi connectivity index (χ1) is 8.02. The van der Waals surface area contributed by atoms with Crippen LogP contribution in [0.4, 0.5) is 0 Å². The highest BCUT2D eigenvalue weighted by Crippen LogP contribution is 2.29. The van der Waals surface area contributed by atoms with Gasteiger partial charge in [-0.25, -0.2) is 0 Å². The van der Waals surface area contributed by atoms with Gasteiger partial charge in [-0.15, -0.1) is 0 Å². The van der Waals surface area contributed by atoms with Crippen molar-refractivity contribution >= 4 is 0 Å². The van der Waals surface area contributed by atoms with Crippen LogP contribution in [0.25, 0.3) is 0 Å². The molecule has 17 heavy (non-hydrogen) atoms. The van der Waals surface area contributed by atoms with Gasteiger partial charge in [0.15, 0.2) is 11.5 Å². The summed E-state index contributed by atoms with van der Waals surface area (Å²) in [6.45, 7) is 6.04. The molecule has 3 nitrogen and oxygen atoms in total. The van der Waals surface area contributed by atoms with Crippen molar-refractivity contribution < 1.29 is 9.47 Å². The Balaban J connectivity index is 2.80. The molecule has 0 radical (unpaired) electrons. The van der Waals surface area contributed by atoms with Crippen molar-refractivity contribution in [2.75, 3.05) is 7.11 Å². The fourth-order valence-electron chi connectivity index (χ4n) is 1.62. The number of hydrogen-bond donors (Lipinski definition) is 1. The lowest BCUT2D eigenvalue weighted by Crippen LogP contribution is -2.15. The number of benzene rings is 1. The van der Waals surface area contributed by atoms with Gasteiger partial charge in [0, 0.05) is 6.04 Å². The van der Waals surface area contributed by atoms with Crippen molar-refractivity contribution in [3.8, 4) is 11.5 Å². The third-order valence-corrected chi connectivity index (χ3v) is 2.48. The lowest BCUT2D eigenvalue weighted by molar-refractivity contribution is 0.230. The first kappa shape index (κ1) is 13.8. The molecule has 1 aromatic rings. The van der Waals surface area contributed by atoms with Crippen molar-refractivity contribution in [1.29, 1.82) is 0 Å². The van der Waals surface area contributed by atoms with Crippen molar-refractivity contribution in [3.05, 3.63) is 23.8 Å². The van der Waals surface area contributed by atoms with Crippen LogP contribution < -0.4 is 15.2 Å². The van der Waals surface area contributed by atoms with E-state index < -0.39 is 0 Å². The molecule has 0 fully saturated rings. The van der Waals surface area contributed by atoms with Gasteiger partial charge < -0.3 is 15.2 Å². The summed E-state index contributed by atoms with van der Waals surface area (Å²) in [6, 6.07) is 6.29. The quantitative estimate of drug-likeness (QED) is 0.827. The topological polar surface area (TPSA) is 44.5 Å². The summed E-state index contributed by atoms with van der Waals surface area (Å²) in [6.07, 6.45) is 2.09. The average Bonchev–Trinajstić information content (AvgIpc) is 2.25. The van der Waals surface area contributed by atoms with Gasteiger partial charge in [0.25, 0.3) is 0 Å². The molecule has 1 unspecified atom stereocenters. The zero-order valence-electron chi connectivity index (χ0n) is 11.2. The maximum absolute atomic E-state index is 5.76. The van der Waals surface area contributed by atoms with Gasteiger partial charge in [-0.3, -0.25) is 0 Å². The van der Waals surface area contributed by atoms with E-state index in [-0.39, 0.29) is 12.1 Å². The normalized spacial score (nSPS) is 12.6. The van der Waals surface area contributed by atoms with E-state index >= 15 is 0 Å². The van der Waals surface area contributed by atoms with E-state index in [4.69, 9.17) is 15.2 Å². The van der Waals surface area contributed by atoms with Gasteiger partial charge >= 0.3 is 0 Å². The van der Waals surface area contributed by atoms with Gasteiger partial charge in [0.05, 0.1) is 13.2 Å². The van der Waals surface area contributed by atoms with Gasteiger partial charge in [0.1, 0.15) is 0 Å². The standard InChI is InChI=1S/C14H23NO2/c1-10(2)17-14-9-12(6-5-11(3)15)7-8-13(14)16-4/h7-11H,5-6,15H2,1-4H3. The first-order valence-electron chi connectivity index (χ1n) is 6.12. The number of rotatable bonds is 6. The van der Waals surface area contributed by atoms with E-state index in [0.29, 0.717) is 0 Å². The maximum Gasteiger partial charge on any atom is 0.161 e. The summed E-state index contributed by atoms with van der Waals surface area (Å²) in [5, 5.41) is 0. The molecule has 0 aromatic heterocycles. The molecule has 2 N–H and O–H groups in total. The van der Waals surface area contributed by atoms with Crippen molar-refractivity contribution in [3.63, 3.8) is 0 Å². The zero-order chi connectivity index (χ0) is 12.8. The molecular formula is C14H23NO2. The van der Waals surface area contributed by atoms with Crippen molar-refractivity contribution in [2.24, 2.45) is 5.73 Å². The van der Waals surface area contributed by atoms with Crippen LogP contribution in [0.1, 0.15) is 32.8 Å². The van der Waals surface area contributed by atoms with E-state index in [1.807, 2.05) is 32.9 Å². The molecule has 0 amide bonds. The lowest BCUT2D eigenvalue weighted by Gasteiger charge is -2.15. The van der Waals surface area contributed by atoms with Crippen LogP contribution in [-0.4, -0.2) is 19.3 Å². The molecule has 0 bridgehead atoms. The largest absolute Gasteiger partial charge is 0.493 e. The molecule has 1 atom stereocenters. The highest BCUT2D eigenvalue weighted by Gasteiger charge is 2.08. The smallest absolute Gasteiger partial charge is 0.161 e. The van der Waals surface area contributed by atoms with E-state index in [2.05, 4.69) is 6.07 Å². The lowest BCUT2D eigenvalue weighted by atomic mass is 10.1. The van der Waals surface area contributed by atoms with E-state index in [1.54, 1.807) is 7.11 Å². The van der Waals surface area contributed by atoms with Crippen molar-refractivity contribution in [2.45, 2.75) is 45.8 Å². The molecule has 0 saturated carbocycles. The molecule has 0 spiro atoms. The Morgan fingerprint density at radius 3 is 2.41 bits per heavy atom. The minimum atomic E-state index is 0.146. The Labute approximate surface area is 104 Å². The van der Waals surface area contributed by atoms with Crippen molar-refractivity contribution in [1.82, 2.24) is 0 Å². The van der Waals surface area contributed by atoms with Crippen LogP contribution in [0.15, 0.2) is 18.2 Å². The summed E-state index contributed by atoms with van der Waals surface area (Å²) < 4.78 is 11.0. The molecule has 0 aliphatic heterocycles. The second-order valence-electron chi connectivity index (χ2n) is 4.67. The highest BCUT2D eigenvalue weighted by atomic mass is 16.5. The minimum Gasteiger partial charge on any atom is -0.493 e. The summed E-state index contributed by atoms with van der Waals surface area (Å²) in [7, 11) is 1.66. The molecule has 1 aromatic carbocycles. The van der Waals surface area contributed by atoms with Crippen LogP contribution in [0.3, 0.4) is 0 Å². The monoisotopic (exact) mass is 237 g/mol. The maximum atomic E-state index is 5.76. The molecule has 0 heterocycles. The third-order valence-electron chi connectivity index (χ3n) is 2.48. The fraction of sp³-hybridized carbons (Fsp3) is 0.571. The predicted octanol–water partition coefficient (Wildman–Crippen LogP) is 2.76. The second kappa shape index (κ2) is 6.50. The Bertz CT molecular complexity index is 348. The van der Waals surface area contributed by atoms with Gasteiger partial charge in [0.2, 0.25) is 0 Å². The predicted molar refractivity (Wildman–Crippen MR) is 70.7 cm³/mol. The summed E-state index contributed by atoms with van der Waals surface area (Å²) in [5.41, 5.74) is 6.99. The number of hydrogen-bond acceptors (Lipinski definition) is 3. The highest BCUT2D eigenvalue weighted by molar-refractivity contribution is 5.43. The number of aryl methyl sites for hydroxylation is 1. The Morgan fingerprint density at radius 1 is 1.18 bits per heavy atom. The van der Waals surface area contributed by atoms with E-state index in [0.717, 1.165) is 24.3 Å². The number of ether oxygens (including phenoxy) is 2. The third kappa shape index (κ3) is 4.65. The SMILES string of the molecule is COc1ccc(CCC(C)N)cc1OC(C)C. The van der Waals surface area contributed by atoms with E-state index in [1.165, 1.54) is 5.56 Å². The Kier molecular flexibility index (Phi) is 5.29. The van der Waals surface area contributed by atoms with Gasteiger partial charge in [-0.2, -0.15) is 0 Å². The molecule has 0 aliphatic rings. The Morgan fingerprint density at radius 2 is 1.88 bits per heavy atom. The van der Waals surface area contributed by atoms with Crippen LogP contribution in [-0.2, 0) is 6.42 Å². The van der Waals surface area contributed by atoms with E-state index in [9.17, 15) is 0 Å². The first-order valence-corrected chi connectivity index (χ1v) is 6.12. The van der Waals surface area contributed by atoms with Crippen LogP contribution in [0, 0.1) is 0 Å². The molecule has 0 aliphatic carbocycles. The summed E-state index contributed by atoms with van der Waals surface area (Å²) in [4.78, 5) is 0. The molecular weight excluding hydrogens is 214 g/mol. The second-order valence-corrected chi connectivity index (χ2v) is 4.67. The molecule has 3 heteroatoms. The minimum absolute atomic E-state index is 0.146. The fourth-order valence-corrected chi connectivity index (χ4v) is 1.62. The molecule has 96 valence electrons.